The molecule has 2 aromatic rings. The monoisotopic (exact) mass is 378 g/mol. The summed E-state index contributed by atoms with van der Waals surface area (Å²) in [5.41, 5.74) is 0.933. The Balaban J connectivity index is 1.63. The van der Waals surface area contributed by atoms with Crippen LogP contribution in [0.1, 0.15) is 31.6 Å². The van der Waals surface area contributed by atoms with Crippen molar-refractivity contribution in [2.24, 2.45) is 0 Å². The van der Waals surface area contributed by atoms with Gasteiger partial charge in [-0.3, -0.25) is 0 Å². The molecule has 6 nitrogen and oxygen atoms in total. The molecule has 3 rings (SSSR count). The molecule has 0 aliphatic carbocycles. The van der Waals surface area contributed by atoms with Gasteiger partial charge in [0.2, 0.25) is 11.7 Å². The van der Waals surface area contributed by atoms with Crippen LogP contribution < -0.4 is 5.32 Å². The number of rotatable bonds is 3. The molecule has 1 aliphatic rings. The zero-order chi connectivity index (χ0) is 16.2. The number of nitrogens with zero attached hydrogens (tertiary/aromatic N) is 3. The molecule has 1 aliphatic heterocycles. The van der Waals surface area contributed by atoms with Crippen molar-refractivity contribution in [1.82, 2.24) is 20.4 Å². The highest BCUT2D eigenvalue weighted by Gasteiger charge is 2.27. The molecule has 122 valence electrons. The van der Waals surface area contributed by atoms with Gasteiger partial charge in [-0.2, -0.15) is 4.98 Å². The largest absolute Gasteiger partial charge is 0.339 e. The van der Waals surface area contributed by atoms with Crippen molar-refractivity contribution in [3.63, 3.8) is 0 Å². The molecule has 7 heteroatoms. The Bertz CT molecular complexity index is 663. The lowest BCUT2D eigenvalue weighted by Gasteiger charge is -2.30. The Morgan fingerprint density at radius 1 is 1.35 bits per heavy atom. The van der Waals surface area contributed by atoms with Crippen molar-refractivity contribution in [2.75, 3.05) is 19.6 Å². The molecule has 0 unspecified atom stereocenters. The van der Waals surface area contributed by atoms with Crippen molar-refractivity contribution in [3.05, 3.63) is 34.6 Å². The molecule has 0 saturated carbocycles. The van der Waals surface area contributed by atoms with Crippen LogP contribution >= 0.6 is 15.9 Å². The van der Waals surface area contributed by atoms with Crippen LogP contribution in [-0.2, 0) is 0 Å². The van der Waals surface area contributed by atoms with Gasteiger partial charge < -0.3 is 14.7 Å². The lowest BCUT2D eigenvalue weighted by atomic mass is 9.97. The maximum atomic E-state index is 11.8. The van der Waals surface area contributed by atoms with Crippen molar-refractivity contribution in [1.29, 1.82) is 0 Å². The topological polar surface area (TPSA) is 71.3 Å². The molecule has 2 heterocycles. The predicted octanol–water partition coefficient (Wildman–Crippen LogP) is 3.41. The number of aromatic nitrogens is 2. The first kappa shape index (κ1) is 16.0. The number of likely N-dealkylation sites (tertiary alicyclic amines) is 1. The highest BCUT2D eigenvalue weighted by Crippen LogP contribution is 2.28. The van der Waals surface area contributed by atoms with Gasteiger partial charge in [0.05, 0.1) is 0 Å². The fourth-order valence-corrected chi connectivity index (χ4v) is 2.97. The van der Waals surface area contributed by atoms with Gasteiger partial charge in [0.1, 0.15) is 0 Å². The zero-order valence-electron chi connectivity index (χ0n) is 13.0. The van der Waals surface area contributed by atoms with Gasteiger partial charge in [0.15, 0.2) is 0 Å². The van der Waals surface area contributed by atoms with Crippen LogP contribution in [0.3, 0.4) is 0 Å². The number of urea groups is 1. The predicted molar refractivity (Wildman–Crippen MR) is 90.1 cm³/mol. The van der Waals surface area contributed by atoms with Gasteiger partial charge in [-0.05, 0) is 44.0 Å². The molecule has 0 spiro atoms. The second-order valence-electron chi connectivity index (χ2n) is 5.56. The standard InChI is InChI=1S/C16H19BrN4O2/c1-2-18-16(22)21-9-7-12(8-10-21)15-19-14(20-23-15)11-3-5-13(17)6-4-11/h3-6,12H,2,7-10H2,1H3,(H,18,22). The van der Waals surface area contributed by atoms with E-state index in [1.807, 2.05) is 36.1 Å². The molecule has 1 N–H and O–H groups in total. The number of amides is 2. The van der Waals surface area contributed by atoms with Crippen LogP contribution in [0.15, 0.2) is 33.3 Å². The normalized spacial score (nSPS) is 15.7. The third-order valence-electron chi connectivity index (χ3n) is 4.00. The summed E-state index contributed by atoms with van der Waals surface area (Å²) in [6.45, 7) is 4.00. The third-order valence-corrected chi connectivity index (χ3v) is 4.53. The summed E-state index contributed by atoms with van der Waals surface area (Å²) in [7, 11) is 0. The van der Waals surface area contributed by atoms with Crippen molar-refractivity contribution >= 4 is 22.0 Å². The number of nitrogens with one attached hydrogen (secondary N) is 1. The highest BCUT2D eigenvalue weighted by atomic mass is 79.9. The second kappa shape index (κ2) is 7.12. The van der Waals surface area contributed by atoms with E-state index >= 15 is 0 Å². The molecular formula is C16H19BrN4O2. The van der Waals surface area contributed by atoms with E-state index < -0.39 is 0 Å². The van der Waals surface area contributed by atoms with Crippen molar-refractivity contribution < 1.29 is 9.32 Å². The van der Waals surface area contributed by atoms with Crippen molar-refractivity contribution in [3.8, 4) is 11.4 Å². The quantitative estimate of drug-likeness (QED) is 0.887. The van der Waals surface area contributed by atoms with Crippen LogP contribution in [0.5, 0.6) is 0 Å². The summed E-state index contributed by atoms with van der Waals surface area (Å²) < 4.78 is 6.46. The Labute approximate surface area is 143 Å². The van der Waals surface area contributed by atoms with Crippen LogP contribution in [0.25, 0.3) is 11.4 Å². The Hall–Kier alpha value is -1.89. The second-order valence-corrected chi connectivity index (χ2v) is 6.48. The Kier molecular flexibility index (Phi) is 4.95. The lowest BCUT2D eigenvalue weighted by molar-refractivity contribution is 0.176. The van der Waals surface area contributed by atoms with Crippen LogP contribution in [0.2, 0.25) is 0 Å². The highest BCUT2D eigenvalue weighted by molar-refractivity contribution is 9.10. The van der Waals surface area contributed by atoms with Gasteiger partial charge in [0.25, 0.3) is 0 Å². The summed E-state index contributed by atoms with van der Waals surface area (Å²) in [5, 5.41) is 6.91. The average Bonchev–Trinajstić information content (AvgIpc) is 3.06. The van der Waals surface area contributed by atoms with E-state index in [4.69, 9.17) is 4.52 Å². The Morgan fingerprint density at radius 2 is 2.04 bits per heavy atom. The average molecular weight is 379 g/mol. The van der Waals surface area contributed by atoms with E-state index in [1.54, 1.807) is 0 Å². The maximum absolute atomic E-state index is 11.8. The van der Waals surface area contributed by atoms with Crippen LogP contribution in [0.4, 0.5) is 4.79 Å². The fraction of sp³-hybridized carbons (Fsp3) is 0.438. The van der Waals surface area contributed by atoms with E-state index in [2.05, 4.69) is 31.4 Å². The van der Waals surface area contributed by atoms with E-state index in [-0.39, 0.29) is 11.9 Å². The smallest absolute Gasteiger partial charge is 0.317 e. The number of hydrogen-bond acceptors (Lipinski definition) is 4. The number of carbonyl (C=O) groups excluding carboxylic acids is 1. The fourth-order valence-electron chi connectivity index (χ4n) is 2.71. The minimum Gasteiger partial charge on any atom is -0.339 e. The number of benzene rings is 1. The first-order valence-electron chi connectivity index (χ1n) is 7.79. The number of carbonyl (C=O) groups is 1. The first-order chi connectivity index (χ1) is 11.2. The minimum absolute atomic E-state index is 0.00651. The SMILES string of the molecule is CCNC(=O)N1CCC(c2nc(-c3ccc(Br)cc3)no2)CC1. The zero-order valence-corrected chi connectivity index (χ0v) is 14.5. The molecule has 1 saturated heterocycles. The molecule has 2 amide bonds. The summed E-state index contributed by atoms with van der Waals surface area (Å²) in [4.78, 5) is 18.2. The molecule has 1 fully saturated rings. The number of hydrogen-bond donors (Lipinski definition) is 1. The molecule has 0 radical (unpaired) electrons. The molecule has 0 atom stereocenters. The molecule has 23 heavy (non-hydrogen) atoms. The summed E-state index contributed by atoms with van der Waals surface area (Å²) >= 11 is 3.41. The van der Waals surface area contributed by atoms with Crippen LogP contribution in [0, 0.1) is 0 Å². The van der Waals surface area contributed by atoms with Gasteiger partial charge in [0, 0.05) is 35.6 Å². The molecular weight excluding hydrogens is 360 g/mol. The Morgan fingerprint density at radius 3 is 2.70 bits per heavy atom. The summed E-state index contributed by atoms with van der Waals surface area (Å²) in [6.07, 6.45) is 1.69. The summed E-state index contributed by atoms with van der Waals surface area (Å²) in [5.74, 6) is 1.49. The van der Waals surface area contributed by atoms with Gasteiger partial charge in [-0.1, -0.05) is 21.1 Å². The van der Waals surface area contributed by atoms with Gasteiger partial charge in [-0.15, -0.1) is 0 Å². The van der Waals surface area contributed by atoms with Gasteiger partial charge >= 0.3 is 6.03 Å². The number of halogens is 1. The minimum atomic E-state index is 0.00651. The number of piperidine rings is 1. The van der Waals surface area contributed by atoms with Crippen molar-refractivity contribution in [2.45, 2.75) is 25.7 Å². The molecule has 0 bridgehead atoms. The summed E-state index contributed by atoms with van der Waals surface area (Å²) in [6, 6.07) is 7.83. The molecule has 1 aromatic heterocycles. The van der Waals surface area contributed by atoms with E-state index in [9.17, 15) is 4.79 Å². The molecule has 1 aromatic carbocycles. The lowest BCUT2D eigenvalue weighted by Crippen LogP contribution is -2.44. The van der Waals surface area contributed by atoms with E-state index in [0.29, 0.717) is 31.3 Å². The van der Waals surface area contributed by atoms with Crippen LogP contribution in [-0.4, -0.2) is 40.7 Å². The van der Waals surface area contributed by atoms with E-state index in [0.717, 1.165) is 22.9 Å². The van der Waals surface area contributed by atoms with Gasteiger partial charge in [-0.25, -0.2) is 4.79 Å². The van der Waals surface area contributed by atoms with E-state index in [1.165, 1.54) is 0 Å². The maximum Gasteiger partial charge on any atom is 0.317 e. The third kappa shape index (κ3) is 3.72. The first-order valence-corrected chi connectivity index (χ1v) is 8.59.